The third-order valence-electron chi connectivity index (χ3n) is 3.09. The van der Waals surface area contributed by atoms with Gasteiger partial charge in [0.25, 0.3) is 0 Å². The quantitative estimate of drug-likeness (QED) is 0.829. The highest BCUT2D eigenvalue weighted by molar-refractivity contribution is 7.99. The van der Waals surface area contributed by atoms with Crippen molar-refractivity contribution in [2.45, 2.75) is 45.4 Å². The third kappa shape index (κ3) is 5.13. The number of aryl methyl sites for hydroxylation is 2. The van der Waals surface area contributed by atoms with Crippen LogP contribution < -0.4 is 5.32 Å². The Balaban J connectivity index is 2.57. The molecule has 0 heterocycles. The number of thioether (sulfide) groups is 1. The van der Waals surface area contributed by atoms with Gasteiger partial charge in [-0.2, -0.15) is 11.8 Å². The molecule has 0 aliphatic heterocycles. The van der Waals surface area contributed by atoms with Gasteiger partial charge in [0.05, 0.1) is 0 Å². The first-order valence-electron chi connectivity index (χ1n) is 6.38. The van der Waals surface area contributed by atoms with Crippen molar-refractivity contribution < 1.29 is 0 Å². The first-order chi connectivity index (χ1) is 8.02. The minimum atomic E-state index is 0.574. The van der Waals surface area contributed by atoms with Gasteiger partial charge in [-0.25, -0.2) is 0 Å². The van der Waals surface area contributed by atoms with Gasteiger partial charge in [-0.1, -0.05) is 32.0 Å². The van der Waals surface area contributed by atoms with Gasteiger partial charge < -0.3 is 5.32 Å². The first kappa shape index (κ1) is 14.6. The maximum absolute atomic E-state index is 3.42. The SMILES string of the molecule is CNC(CSC(C)C)Cc1ccc(C)c(C)c1. The van der Waals surface area contributed by atoms with Crippen LogP contribution in [0.3, 0.4) is 0 Å². The van der Waals surface area contributed by atoms with Crippen LogP contribution in [0, 0.1) is 13.8 Å². The summed E-state index contributed by atoms with van der Waals surface area (Å²) >= 11 is 2.03. The molecule has 0 fully saturated rings. The van der Waals surface area contributed by atoms with Gasteiger partial charge in [0.15, 0.2) is 0 Å². The van der Waals surface area contributed by atoms with Crippen LogP contribution in [-0.4, -0.2) is 24.1 Å². The Labute approximate surface area is 110 Å². The van der Waals surface area contributed by atoms with Gasteiger partial charge in [0.2, 0.25) is 0 Å². The molecule has 2 heteroatoms. The van der Waals surface area contributed by atoms with Crippen LogP contribution in [-0.2, 0) is 6.42 Å². The highest BCUT2D eigenvalue weighted by Crippen LogP contribution is 2.15. The van der Waals surface area contributed by atoms with Crippen molar-refractivity contribution in [2.75, 3.05) is 12.8 Å². The van der Waals surface area contributed by atoms with E-state index in [1.165, 1.54) is 22.4 Å². The van der Waals surface area contributed by atoms with Crippen molar-refractivity contribution in [2.24, 2.45) is 0 Å². The van der Waals surface area contributed by atoms with E-state index in [0.29, 0.717) is 11.3 Å². The van der Waals surface area contributed by atoms with E-state index in [9.17, 15) is 0 Å². The zero-order chi connectivity index (χ0) is 12.8. The third-order valence-corrected chi connectivity index (χ3v) is 4.35. The van der Waals surface area contributed by atoms with Crippen LogP contribution in [0.25, 0.3) is 0 Å². The molecular formula is C15H25NS. The van der Waals surface area contributed by atoms with Crippen LogP contribution >= 0.6 is 11.8 Å². The molecule has 17 heavy (non-hydrogen) atoms. The number of rotatable bonds is 6. The van der Waals surface area contributed by atoms with Crippen molar-refractivity contribution in [3.8, 4) is 0 Å². The molecule has 0 radical (unpaired) electrons. The Hall–Kier alpha value is -0.470. The predicted octanol–water partition coefficient (Wildman–Crippen LogP) is 3.58. The van der Waals surface area contributed by atoms with Crippen LogP contribution in [0.4, 0.5) is 0 Å². The second kappa shape index (κ2) is 7.07. The molecule has 1 N–H and O–H groups in total. The molecule has 0 aromatic heterocycles. The normalized spacial score (nSPS) is 13.1. The van der Waals surface area contributed by atoms with Crippen LogP contribution in [0.15, 0.2) is 18.2 Å². The molecule has 0 aliphatic rings. The lowest BCUT2D eigenvalue weighted by Crippen LogP contribution is -2.30. The molecular weight excluding hydrogens is 226 g/mol. The Morgan fingerprint density at radius 2 is 1.88 bits per heavy atom. The van der Waals surface area contributed by atoms with E-state index < -0.39 is 0 Å². The zero-order valence-electron chi connectivity index (χ0n) is 11.7. The lowest BCUT2D eigenvalue weighted by atomic mass is 10.0. The fourth-order valence-corrected chi connectivity index (χ4v) is 2.67. The molecule has 1 unspecified atom stereocenters. The maximum atomic E-state index is 3.42. The highest BCUT2D eigenvalue weighted by Gasteiger charge is 2.09. The molecule has 0 saturated carbocycles. The van der Waals surface area contributed by atoms with Crippen LogP contribution in [0.1, 0.15) is 30.5 Å². The Morgan fingerprint density at radius 3 is 2.41 bits per heavy atom. The van der Waals surface area contributed by atoms with Crippen LogP contribution in [0.2, 0.25) is 0 Å². The minimum Gasteiger partial charge on any atom is -0.316 e. The van der Waals surface area contributed by atoms with E-state index in [1.807, 2.05) is 11.8 Å². The largest absolute Gasteiger partial charge is 0.316 e. The minimum absolute atomic E-state index is 0.574. The number of hydrogen-bond donors (Lipinski definition) is 1. The van der Waals surface area contributed by atoms with Crippen molar-refractivity contribution in [3.63, 3.8) is 0 Å². The fourth-order valence-electron chi connectivity index (χ4n) is 1.77. The molecule has 0 amide bonds. The van der Waals surface area contributed by atoms with Gasteiger partial charge in [-0.15, -0.1) is 0 Å². The summed E-state index contributed by atoms with van der Waals surface area (Å²) in [7, 11) is 2.06. The van der Waals surface area contributed by atoms with Crippen molar-refractivity contribution >= 4 is 11.8 Å². The van der Waals surface area contributed by atoms with Gasteiger partial charge in [-0.3, -0.25) is 0 Å². The van der Waals surface area contributed by atoms with Gasteiger partial charge in [0, 0.05) is 11.8 Å². The van der Waals surface area contributed by atoms with Crippen molar-refractivity contribution in [3.05, 3.63) is 34.9 Å². The van der Waals surface area contributed by atoms with E-state index in [0.717, 1.165) is 6.42 Å². The maximum Gasteiger partial charge on any atom is 0.0195 e. The number of nitrogens with one attached hydrogen (secondary N) is 1. The summed E-state index contributed by atoms with van der Waals surface area (Å²) in [6.07, 6.45) is 1.12. The standard InChI is InChI=1S/C15H25NS/c1-11(2)17-10-15(16-5)9-14-7-6-12(3)13(4)8-14/h6-8,11,15-16H,9-10H2,1-5H3. The lowest BCUT2D eigenvalue weighted by molar-refractivity contribution is 0.616. The molecule has 1 aromatic rings. The number of benzene rings is 1. The molecule has 0 aliphatic carbocycles. The Kier molecular flexibility index (Phi) is 6.07. The van der Waals surface area contributed by atoms with E-state index in [1.54, 1.807) is 0 Å². The van der Waals surface area contributed by atoms with Gasteiger partial charge in [-0.05, 0) is 49.3 Å². The summed E-state index contributed by atoms with van der Waals surface area (Å²) in [5, 5.41) is 4.13. The van der Waals surface area contributed by atoms with Gasteiger partial charge in [0.1, 0.15) is 0 Å². The molecule has 0 spiro atoms. The summed E-state index contributed by atoms with van der Waals surface area (Å²) in [5.74, 6) is 1.18. The first-order valence-corrected chi connectivity index (χ1v) is 7.42. The molecule has 1 aromatic carbocycles. The Morgan fingerprint density at radius 1 is 1.18 bits per heavy atom. The molecule has 1 rings (SSSR count). The highest BCUT2D eigenvalue weighted by atomic mass is 32.2. The smallest absolute Gasteiger partial charge is 0.0195 e. The summed E-state index contributed by atoms with van der Waals surface area (Å²) in [6.45, 7) is 8.88. The van der Waals surface area contributed by atoms with Crippen LogP contribution in [0.5, 0.6) is 0 Å². The molecule has 0 saturated heterocycles. The molecule has 1 nitrogen and oxygen atoms in total. The fraction of sp³-hybridized carbons (Fsp3) is 0.600. The van der Waals surface area contributed by atoms with Gasteiger partial charge >= 0.3 is 0 Å². The lowest BCUT2D eigenvalue weighted by Gasteiger charge is -2.17. The number of hydrogen-bond acceptors (Lipinski definition) is 2. The number of likely N-dealkylation sites (N-methyl/N-ethyl adjacent to an activating group) is 1. The van der Waals surface area contributed by atoms with E-state index in [-0.39, 0.29) is 0 Å². The second-order valence-corrected chi connectivity index (χ2v) is 6.60. The average molecular weight is 251 g/mol. The summed E-state index contributed by atoms with van der Waals surface area (Å²) in [5.41, 5.74) is 4.22. The molecule has 96 valence electrons. The molecule has 1 atom stereocenters. The van der Waals surface area contributed by atoms with E-state index in [2.05, 4.69) is 58.3 Å². The predicted molar refractivity (Wildman–Crippen MR) is 80.1 cm³/mol. The van der Waals surface area contributed by atoms with E-state index in [4.69, 9.17) is 0 Å². The van der Waals surface area contributed by atoms with Crippen molar-refractivity contribution in [1.29, 1.82) is 0 Å². The topological polar surface area (TPSA) is 12.0 Å². The summed E-state index contributed by atoms with van der Waals surface area (Å²) < 4.78 is 0. The second-order valence-electron chi connectivity index (χ2n) is 4.99. The summed E-state index contributed by atoms with van der Waals surface area (Å²) in [6, 6.07) is 7.38. The van der Waals surface area contributed by atoms with Crippen molar-refractivity contribution in [1.82, 2.24) is 5.32 Å². The monoisotopic (exact) mass is 251 g/mol. The zero-order valence-corrected chi connectivity index (χ0v) is 12.5. The molecule has 0 bridgehead atoms. The van der Waals surface area contributed by atoms with E-state index >= 15 is 0 Å². The Bertz CT molecular complexity index is 347. The average Bonchev–Trinajstić information content (AvgIpc) is 2.28. The summed E-state index contributed by atoms with van der Waals surface area (Å²) in [4.78, 5) is 0.